The Morgan fingerprint density at radius 2 is 1.79 bits per heavy atom. The van der Waals surface area contributed by atoms with E-state index in [1.165, 1.54) is 12.1 Å². The molecule has 2 atom stereocenters. The van der Waals surface area contributed by atoms with Crippen molar-refractivity contribution in [3.05, 3.63) is 30.3 Å². The van der Waals surface area contributed by atoms with E-state index >= 15 is 0 Å². The summed E-state index contributed by atoms with van der Waals surface area (Å²) in [6, 6.07) is 6.59. The van der Waals surface area contributed by atoms with Crippen LogP contribution in [-0.4, -0.2) is 53.9 Å². The van der Waals surface area contributed by atoms with E-state index in [-0.39, 0.29) is 17.9 Å². The predicted octanol–water partition coefficient (Wildman–Crippen LogP) is 1.92. The van der Waals surface area contributed by atoms with Crippen LogP contribution in [0.15, 0.2) is 35.2 Å². The van der Waals surface area contributed by atoms with E-state index in [0.717, 1.165) is 4.90 Å². The number of carboxylic acids is 1. The standard InChI is InChI=1S/C16H21NO6S/c1-16(2,3)23-15(20)17-10-12(9-13(17)14(18)19)24(21,22)11-7-5-4-6-8-11/h4-8,12-13H,9-10H2,1-3H3,(H,18,19)/t12-,13+/m1/s1. The van der Waals surface area contributed by atoms with Crippen molar-refractivity contribution in [2.24, 2.45) is 0 Å². The van der Waals surface area contributed by atoms with Crippen molar-refractivity contribution in [2.75, 3.05) is 6.54 Å². The first kappa shape index (κ1) is 18.3. The molecular weight excluding hydrogens is 334 g/mol. The van der Waals surface area contributed by atoms with Crippen LogP contribution in [0, 0.1) is 0 Å². The molecule has 24 heavy (non-hydrogen) atoms. The van der Waals surface area contributed by atoms with Crippen molar-refractivity contribution in [2.45, 2.75) is 49.0 Å². The highest BCUT2D eigenvalue weighted by Crippen LogP contribution is 2.29. The molecule has 1 amide bonds. The molecule has 0 aromatic heterocycles. The van der Waals surface area contributed by atoms with Gasteiger partial charge in [0.05, 0.1) is 10.1 Å². The smallest absolute Gasteiger partial charge is 0.411 e. The summed E-state index contributed by atoms with van der Waals surface area (Å²) in [7, 11) is -3.73. The van der Waals surface area contributed by atoms with Crippen LogP contribution in [0.1, 0.15) is 27.2 Å². The Morgan fingerprint density at radius 3 is 2.29 bits per heavy atom. The molecule has 0 unspecified atom stereocenters. The second-order valence-corrected chi connectivity index (χ2v) is 8.93. The highest BCUT2D eigenvalue weighted by atomic mass is 32.2. The van der Waals surface area contributed by atoms with E-state index in [0.29, 0.717) is 0 Å². The van der Waals surface area contributed by atoms with Crippen LogP contribution in [0.4, 0.5) is 4.79 Å². The van der Waals surface area contributed by atoms with E-state index in [2.05, 4.69) is 0 Å². The number of amides is 1. The van der Waals surface area contributed by atoms with Crippen LogP contribution in [0.2, 0.25) is 0 Å². The lowest BCUT2D eigenvalue weighted by atomic mass is 10.2. The zero-order valence-corrected chi connectivity index (χ0v) is 14.6. The zero-order chi connectivity index (χ0) is 18.1. The normalized spacial score (nSPS) is 21.5. The minimum Gasteiger partial charge on any atom is -0.480 e. The molecular formula is C16H21NO6S. The van der Waals surface area contributed by atoms with Gasteiger partial charge in [-0.05, 0) is 39.3 Å². The van der Waals surface area contributed by atoms with Gasteiger partial charge in [0.15, 0.2) is 9.84 Å². The molecule has 8 heteroatoms. The quantitative estimate of drug-likeness (QED) is 0.889. The van der Waals surface area contributed by atoms with Crippen LogP contribution in [0.5, 0.6) is 0 Å². The maximum absolute atomic E-state index is 12.7. The molecule has 1 N–H and O–H groups in total. The van der Waals surface area contributed by atoms with Gasteiger partial charge in [-0.3, -0.25) is 4.90 Å². The fraction of sp³-hybridized carbons (Fsp3) is 0.500. The van der Waals surface area contributed by atoms with Crippen LogP contribution in [0.3, 0.4) is 0 Å². The maximum Gasteiger partial charge on any atom is 0.411 e. The Kier molecular flexibility index (Phi) is 4.89. The largest absolute Gasteiger partial charge is 0.480 e. The van der Waals surface area contributed by atoms with E-state index in [1.807, 2.05) is 0 Å². The number of carbonyl (C=O) groups is 2. The fourth-order valence-electron chi connectivity index (χ4n) is 2.58. The van der Waals surface area contributed by atoms with Gasteiger partial charge in [-0.25, -0.2) is 18.0 Å². The Hall–Kier alpha value is -2.09. The van der Waals surface area contributed by atoms with Gasteiger partial charge >= 0.3 is 12.1 Å². The topological polar surface area (TPSA) is 101 Å². The molecule has 0 aliphatic carbocycles. The molecule has 2 rings (SSSR count). The number of aliphatic carboxylic acids is 1. The average Bonchev–Trinajstić information content (AvgIpc) is 2.92. The summed E-state index contributed by atoms with van der Waals surface area (Å²) in [6.07, 6.45) is -0.980. The number of ether oxygens (including phenoxy) is 1. The molecule has 1 aromatic carbocycles. The monoisotopic (exact) mass is 355 g/mol. The van der Waals surface area contributed by atoms with Crippen LogP contribution < -0.4 is 0 Å². The van der Waals surface area contributed by atoms with Gasteiger partial charge in [-0.2, -0.15) is 0 Å². The number of rotatable bonds is 3. The molecule has 0 bridgehead atoms. The Bertz CT molecular complexity index is 723. The number of nitrogens with zero attached hydrogens (tertiary/aromatic N) is 1. The van der Waals surface area contributed by atoms with E-state index in [1.54, 1.807) is 39.0 Å². The summed E-state index contributed by atoms with van der Waals surface area (Å²) in [5.41, 5.74) is -0.795. The van der Waals surface area contributed by atoms with Crippen molar-refractivity contribution >= 4 is 21.9 Å². The highest BCUT2D eigenvalue weighted by molar-refractivity contribution is 7.92. The number of likely N-dealkylation sites (tertiary alicyclic amines) is 1. The molecule has 1 fully saturated rings. The lowest BCUT2D eigenvalue weighted by Gasteiger charge is -2.26. The SMILES string of the molecule is CC(C)(C)OC(=O)N1C[C@H](S(=O)(=O)c2ccccc2)C[C@H]1C(=O)O. The van der Waals surface area contributed by atoms with Gasteiger partial charge in [0, 0.05) is 6.54 Å². The van der Waals surface area contributed by atoms with Gasteiger partial charge in [0.2, 0.25) is 0 Å². The molecule has 132 valence electrons. The molecule has 1 heterocycles. The first-order valence-corrected chi connectivity index (χ1v) is 9.08. The van der Waals surface area contributed by atoms with Crippen molar-refractivity contribution in [1.82, 2.24) is 4.90 Å². The lowest BCUT2D eigenvalue weighted by molar-refractivity contribution is -0.142. The van der Waals surface area contributed by atoms with E-state index < -0.39 is 38.8 Å². The molecule has 1 aliphatic rings. The second-order valence-electron chi connectivity index (χ2n) is 6.70. The number of carboxylic acid groups (broad SMARTS) is 1. The van der Waals surface area contributed by atoms with Crippen molar-refractivity contribution in [1.29, 1.82) is 0 Å². The Morgan fingerprint density at radius 1 is 1.21 bits per heavy atom. The summed E-state index contributed by atoms with van der Waals surface area (Å²) in [4.78, 5) is 24.8. The average molecular weight is 355 g/mol. The molecule has 0 spiro atoms. The first-order chi connectivity index (χ1) is 11.0. The van der Waals surface area contributed by atoms with Gasteiger partial charge in [0.25, 0.3) is 0 Å². The number of hydrogen-bond donors (Lipinski definition) is 1. The highest BCUT2D eigenvalue weighted by Gasteiger charge is 2.46. The third kappa shape index (κ3) is 3.87. The third-order valence-electron chi connectivity index (χ3n) is 3.69. The van der Waals surface area contributed by atoms with Crippen molar-refractivity contribution in [3.63, 3.8) is 0 Å². The molecule has 7 nitrogen and oxygen atoms in total. The summed E-state index contributed by atoms with van der Waals surface area (Å²) in [6.45, 7) is 4.78. The van der Waals surface area contributed by atoms with Crippen LogP contribution in [-0.2, 0) is 19.4 Å². The molecule has 0 saturated carbocycles. The third-order valence-corrected chi connectivity index (χ3v) is 5.83. The predicted molar refractivity (Wildman–Crippen MR) is 86.4 cm³/mol. The minimum atomic E-state index is -3.73. The molecule has 0 radical (unpaired) electrons. The van der Waals surface area contributed by atoms with Gasteiger partial charge in [-0.1, -0.05) is 18.2 Å². The molecule has 1 saturated heterocycles. The number of sulfone groups is 1. The zero-order valence-electron chi connectivity index (χ0n) is 13.8. The summed E-state index contributed by atoms with van der Waals surface area (Å²) in [5.74, 6) is -1.24. The number of benzene rings is 1. The van der Waals surface area contributed by atoms with Gasteiger partial charge < -0.3 is 9.84 Å². The fourth-order valence-corrected chi connectivity index (χ4v) is 4.30. The van der Waals surface area contributed by atoms with Gasteiger partial charge in [0.1, 0.15) is 11.6 Å². The van der Waals surface area contributed by atoms with E-state index in [4.69, 9.17) is 4.74 Å². The molecule has 1 aliphatic heterocycles. The van der Waals surface area contributed by atoms with Crippen molar-refractivity contribution < 1.29 is 27.9 Å². The minimum absolute atomic E-state index is 0.116. The lowest BCUT2D eigenvalue weighted by Crippen LogP contribution is -2.43. The Balaban J connectivity index is 2.27. The summed E-state index contributed by atoms with van der Waals surface area (Å²) < 4.78 is 30.6. The summed E-state index contributed by atoms with van der Waals surface area (Å²) in [5, 5.41) is 8.36. The van der Waals surface area contributed by atoms with Crippen LogP contribution in [0.25, 0.3) is 0 Å². The maximum atomic E-state index is 12.7. The number of hydrogen-bond acceptors (Lipinski definition) is 5. The van der Waals surface area contributed by atoms with Gasteiger partial charge in [-0.15, -0.1) is 0 Å². The summed E-state index contributed by atoms with van der Waals surface area (Å²) >= 11 is 0. The first-order valence-electron chi connectivity index (χ1n) is 7.54. The van der Waals surface area contributed by atoms with Crippen molar-refractivity contribution in [3.8, 4) is 0 Å². The number of carbonyl (C=O) groups excluding carboxylic acids is 1. The van der Waals surface area contributed by atoms with E-state index in [9.17, 15) is 23.1 Å². The second kappa shape index (κ2) is 6.43. The Labute approximate surface area is 141 Å². The molecule has 1 aromatic rings. The van der Waals surface area contributed by atoms with Crippen LogP contribution >= 0.6 is 0 Å².